The Morgan fingerprint density at radius 3 is 2.33 bits per heavy atom. The fraction of sp³-hybridized carbons (Fsp3) is 0. The Labute approximate surface area is 115 Å². The third-order valence-corrected chi connectivity index (χ3v) is 3.89. The smallest absolute Gasteiger partial charge is 0.124 e. The van der Waals surface area contributed by atoms with Gasteiger partial charge in [0, 0.05) is 10.6 Å². The molecule has 1 radical (unpaired) electrons. The van der Waals surface area contributed by atoms with Gasteiger partial charge in [-0.3, -0.25) is 0 Å². The van der Waals surface area contributed by atoms with Gasteiger partial charge in [0.15, 0.2) is 0 Å². The van der Waals surface area contributed by atoms with Crippen molar-refractivity contribution in [3.63, 3.8) is 0 Å². The van der Waals surface area contributed by atoms with Gasteiger partial charge in [-0.05, 0) is 17.7 Å². The molecule has 1 aromatic heterocycles. The van der Waals surface area contributed by atoms with Crippen LogP contribution in [-0.4, -0.2) is 4.98 Å². The first-order valence-corrected chi connectivity index (χ1v) is 6.72. The number of hydrogen-bond acceptors (Lipinski definition) is 2. The van der Waals surface area contributed by atoms with E-state index in [0.29, 0.717) is 0 Å². The molecule has 0 fully saturated rings. The van der Waals surface area contributed by atoms with E-state index in [-0.39, 0.29) is 0 Å². The lowest BCUT2D eigenvalue weighted by Crippen LogP contribution is -1.71. The van der Waals surface area contributed by atoms with Crippen LogP contribution in [0.2, 0.25) is 5.02 Å². The molecule has 0 aliphatic carbocycles. The number of halogens is 1. The molecule has 18 heavy (non-hydrogen) atoms. The Bertz CT molecular complexity index is 644. The van der Waals surface area contributed by atoms with Gasteiger partial charge in [-0.15, -0.1) is 11.3 Å². The molecule has 0 N–H and O–H groups in total. The third-order valence-electron chi connectivity index (χ3n) is 2.58. The van der Waals surface area contributed by atoms with E-state index in [0.717, 1.165) is 26.0 Å². The molecule has 1 heterocycles. The third kappa shape index (κ3) is 2.30. The van der Waals surface area contributed by atoms with Crippen molar-refractivity contribution in [1.29, 1.82) is 0 Å². The first-order valence-electron chi connectivity index (χ1n) is 5.53. The predicted molar refractivity (Wildman–Crippen MR) is 76.8 cm³/mol. The van der Waals surface area contributed by atoms with E-state index in [1.165, 1.54) is 0 Å². The number of thiazole rings is 1. The minimum Gasteiger partial charge on any atom is -0.234 e. The SMILES string of the molecule is Clc1ccc(-c2[c]nc(-c3ccccc3)s2)cc1. The number of nitrogens with zero attached hydrogens (tertiary/aromatic N) is 1. The van der Waals surface area contributed by atoms with Crippen LogP contribution in [-0.2, 0) is 0 Å². The summed E-state index contributed by atoms with van der Waals surface area (Å²) in [6, 6.07) is 17.9. The van der Waals surface area contributed by atoms with Crippen molar-refractivity contribution < 1.29 is 0 Å². The second kappa shape index (κ2) is 4.92. The fourth-order valence-electron chi connectivity index (χ4n) is 1.67. The monoisotopic (exact) mass is 270 g/mol. The molecule has 2 aromatic carbocycles. The first kappa shape index (κ1) is 11.5. The van der Waals surface area contributed by atoms with Gasteiger partial charge in [0.2, 0.25) is 0 Å². The normalized spacial score (nSPS) is 10.5. The maximum atomic E-state index is 5.88. The maximum absolute atomic E-state index is 5.88. The van der Waals surface area contributed by atoms with Crippen LogP contribution < -0.4 is 0 Å². The molecule has 0 spiro atoms. The van der Waals surface area contributed by atoms with E-state index in [1.54, 1.807) is 11.3 Å². The van der Waals surface area contributed by atoms with Crippen LogP contribution in [0.4, 0.5) is 0 Å². The highest BCUT2D eigenvalue weighted by atomic mass is 35.5. The molecule has 0 saturated carbocycles. The molecule has 0 amide bonds. The zero-order chi connectivity index (χ0) is 12.4. The predicted octanol–water partition coefficient (Wildman–Crippen LogP) is 4.93. The van der Waals surface area contributed by atoms with E-state index in [4.69, 9.17) is 11.6 Å². The van der Waals surface area contributed by atoms with Gasteiger partial charge in [-0.2, -0.15) is 0 Å². The summed E-state index contributed by atoms with van der Waals surface area (Å²) in [5.41, 5.74) is 2.22. The molecule has 0 aliphatic rings. The van der Waals surface area contributed by atoms with Crippen LogP contribution in [0.15, 0.2) is 54.6 Å². The summed E-state index contributed by atoms with van der Waals surface area (Å²) < 4.78 is 0. The average Bonchev–Trinajstić information content (AvgIpc) is 2.90. The van der Waals surface area contributed by atoms with Crippen LogP contribution in [0, 0.1) is 6.20 Å². The highest BCUT2D eigenvalue weighted by Crippen LogP contribution is 2.31. The van der Waals surface area contributed by atoms with Crippen LogP contribution >= 0.6 is 22.9 Å². The van der Waals surface area contributed by atoms with Crippen molar-refractivity contribution >= 4 is 22.9 Å². The number of rotatable bonds is 2. The van der Waals surface area contributed by atoms with Crippen molar-refractivity contribution in [3.05, 3.63) is 65.8 Å². The van der Waals surface area contributed by atoms with E-state index in [1.807, 2.05) is 42.5 Å². The Morgan fingerprint density at radius 1 is 0.889 bits per heavy atom. The summed E-state index contributed by atoms with van der Waals surface area (Å²) in [5.74, 6) is 0. The molecular formula is C15H9ClNS. The second-order valence-corrected chi connectivity index (χ2v) is 5.27. The molecule has 1 nitrogen and oxygen atoms in total. The van der Waals surface area contributed by atoms with Crippen LogP contribution in [0.1, 0.15) is 0 Å². The molecular weight excluding hydrogens is 262 g/mol. The lowest BCUT2D eigenvalue weighted by atomic mass is 10.2. The quantitative estimate of drug-likeness (QED) is 0.643. The van der Waals surface area contributed by atoms with Gasteiger partial charge < -0.3 is 0 Å². The van der Waals surface area contributed by atoms with Gasteiger partial charge in [0.25, 0.3) is 0 Å². The van der Waals surface area contributed by atoms with Crippen molar-refractivity contribution in [3.8, 4) is 21.0 Å². The van der Waals surface area contributed by atoms with Gasteiger partial charge in [0.1, 0.15) is 11.2 Å². The van der Waals surface area contributed by atoms with Gasteiger partial charge in [0.05, 0.1) is 4.88 Å². The van der Waals surface area contributed by atoms with Crippen molar-refractivity contribution in [2.24, 2.45) is 0 Å². The molecule has 0 aliphatic heterocycles. The Morgan fingerprint density at radius 2 is 1.61 bits per heavy atom. The van der Waals surface area contributed by atoms with E-state index in [9.17, 15) is 0 Å². The average molecular weight is 271 g/mol. The van der Waals surface area contributed by atoms with Crippen molar-refractivity contribution in [2.45, 2.75) is 0 Å². The summed E-state index contributed by atoms with van der Waals surface area (Å²) in [4.78, 5) is 5.38. The second-order valence-electron chi connectivity index (χ2n) is 3.83. The van der Waals surface area contributed by atoms with Crippen LogP contribution in [0.5, 0.6) is 0 Å². The number of hydrogen-bond donors (Lipinski definition) is 0. The number of benzene rings is 2. The van der Waals surface area contributed by atoms with Crippen molar-refractivity contribution in [2.75, 3.05) is 0 Å². The molecule has 3 aromatic rings. The molecule has 3 heteroatoms. The summed E-state index contributed by atoms with van der Waals surface area (Å²) in [5, 5.41) is 1.73. The standard InChI is InChI=1S/C15H9ClNS/c16-13-8-6-11(7-9-13)14-10-17-15(18-14)12-4-2-1-3-5-12/h1-9H. The van der Waals surface area contributed by atoms with Crippen molar-refractivity contribution in [1.82, 2.24) is 4.98 Å². The highest BCUT2D eigenvalue weighted by molar-refractivity contribution is 7.18. The number of aromatic nitrogens is 1. The first-order chi connectivity index (χ1) is 8.83. The zero-order valence-corrected chi connectivity index (χ0v) is 11.0. The maximum Gasteiger partial charge on any atom is 0.124 e. The van der Waals surface area contributed by atoms with Gasteiger partial charge >= 0.3 is 0 Å². The van der Waals surface area contributed by atoms with Crippen LogP contribution in [0.3, 0.4) is 0 Å². The molecule has 87 valence electrons. The molecule has 0 unspecified atom stereocenters. The summed E-state index contributed by atoms with van der Waals surface area (Å²) in [6.07, 6.45) is 3.07. The van der Waals surface area contributed by atoms with Crippen LogP contribution in [0.25, 0.3) is 21.0 Å². The van der Waals surface area contributed by atoms with E-state index >= 15 is 0 Å². The minimum atomic E-state index is 0.742. The Hall–Kier alpha value is -1.64. The topological polar surface area (TPSA) is 12.9 Å². The molecule has 0 bridgehead atoms. The van der Waals surface area contributed by atoms with Gasteiger partial charge in [-0.25, -0.2) is 4.98 Å². The summed E-state index contributed by atoms with van der Waals surface area (Å²) >= 11 is 7.51. The Balaban J connectivity index is 1.97. The fourth-order valence-corrected chi connectivity index (χ4v) is 2.68. The Kier molecular flexibility index (Phi) is 3.13. The largest absolute Gasteiger partial charge is 0.234 e. The molecule has 0 atom stereocenters. The summed E-state index contributed by atoms with van der Waals surface area (Å²) in [6.45, 7) is 0. The summed E-state index contributed by atoms with van der Waals surface area (Å²) in [7, 11) is 0. The van der Waals surface area contributed by atoms with E-state index in [2.05, 4.69) is 23.3 Å². The zero-order valence-electron chi connectivity index (χ0n) is 9.43. The highest BCUT2D eigenvalue weighted by Gasteiger charge is 2.06. The lowest BCUT2D eigenvalue weighted by Gasteiger charge is -1.96. The van der Waals surface area contributed by atoms with Gasteiger partial charge in [-0.1, -0.05) is 54.1 Å². The van der Waals surface area contributed by atoms with E-state index < -0.39 is 0 Å². The molecule has 0 saturated heterocycles. The minimum absolute atomic E-state index is 0.742. The molecule has 3 rings (SSSR count). The lowest BCUT2D eigenvalue weighted by molar-refractivity contribution is 1.40.